The second-order valence-corrected chi connectivity index (χ2v) is 7.54. The number of hydrogen-bond acceptors (Lipinski definition) is 3. The third kappa shape index (κ3) is 4.03. The second-order valence-electron chi connectivity index (χ2n) is 7.54. The van der Waals surface area contributed by atoms with Crippen molar-refractivity contribution in [3.05, 3.63) is 115 Å². The maximum atomic E-state index is 6.01. The molecule has 31 heavy (non-hydrogen) atoms. The molecule has 0 bridgehead atoms. The van der Waals surface area contributed by atoms with Crippen molar-refractivity contribution in [2.24, 2.45) is 0 Å². The first kappa shape index (κ1) is 19.0. The predicted octanol–water partition coefficient (Wildman–Crippen LogP) is 6.85. The van der Waals surface area contributed by atoms with Gasteiger partial charge in [-0.2, -0.15) is 0 Å². The molecule has 5 rings (SSSR count). The number of para-hydroxylation sites is 1. The van der Waals surface area contributed by atoms with E-state index in [4.69, 9.17) is 4.74 Å². The van der Waals surface area contributed by atoms with Gasteiger partial charge >= 0.3 is 0 Å². The van der Waals surface area contributed by atoms with Gasteiger partial charge in [-0.15, -0.1) is 0 Å². The number of benzene rings is 3. The number of rotatable bonds is 5. The Kier molecular flexibility index (Phi) is 5.16. The van der Waals surface area contributed by atoms with E-state index >= 15 is 0 Å². The van der Waals surface area contributed by atoms with Gasteiger partial charge in [0.15, 0.2) is 0 Å². The van der Waals surface area contributed by atoms with Crippen molar-refractivity contribution in [1.82, 2.24) is 9.97 Å². The van der Waals surface area contributed by atoms with E-state index in [1.165, 1.54) is 22.3 Å². The van der Waals surface area contributed by atoms with Gasteiger partial charge in [-0.05, 0) is 71.1 Å². The molecule has 0 radical (unpaired) electrons. The molecular weight excluding hydrogens is 380 g/mol. The number of ether oxygens (including phenoxy) is 1. The molecule has 0 aliphatic rings. The average Bonchev–Trinajstić information content (AvgIpc) is 2.83. The SMILES string of the molecule is Cc1cccc(-c2ccncc2)c1-c1ccc(OCc2ccc3ccccc3n2)cc1. The molecule has 0 N–H and O–H groups in total. The van der Waals surface area contributed by atoms with Gasteiger partial charge in [0.2, 0.25) is 0 Å². The molecule has 0 unspecified atom stereocenters. The monoisotopic (exact) mass is 402 g/mol. The lowest BCUT2D eigenvalue weighted by Crippen LogP contribution is -1.98. The van der Waals surface area contributed by atoms with Crippen molar-refractivity contribution in [1.29, 1.82) is 0 Å². The summed E-state index contributed by atoms with van der Waals surface area (Å²) in [6.07, 6.45) is 3.67. The van der Waals surface area contributed by atoms with Crippen LogP contribution in [0.3, 0.4) is 0 Å². The summed E-state index contributed by atoms with van der Waals surface area (Å²) in [5.74, 6) is 0.831. The molecule has 0 saturated carbocycles. The van der Waals surface area contributed by atoms with Crippen molar-refractivity contribution in [3.8, 4) is 28.0 Å². The van der Waals surface area contributed by atoms with Crippen LogP contribution in [0.25, 0.3) is 33.2 Å². The number of nitrogens with zero attached hydrogens (tertiary/aromatic N) is 2. The summed E-state index contributed by atoms with van der Waals surface area (Å²) in [6.45, 7) is 2.59. The summed E-state index contributed by atoms with van der Waals surface area (Å²) in [4.78, 5) is 8.83. The number of hydrogen-bond donors (Lipinski definition) is 0. The standard InChI is InChI=1S/C28H22N2O/c1-20-5-4-7-26(21-15-17-29-18-16-21)28(20)23-10-13-25(14-11-23)31-19-24-12-9-22-6-2-3-8-27(22)30-24/h2-18H,19H2,1H3. The average molecular weight is 402 g/mol. The van der Waals surface area contributed by atoms with Crippen LogP contribution >= 0.6 is 0 Å². The van der Waals surface area contributed by atoms with Crippen LogP contribution in [-0.2, 0) is 6.61 Å². The van der Waals surface area contributed by atoms with Crippen molar-refractivity contribution in [2.75, 3.05) is 0 Å². The van der Waals surface area contributed by atoms with E-state index in [0.29, 0.717) is 6.61 Å². The molecule has 150 valence electrons. The smallest absolute Gasteiger partial charge is 0.130 e. The lowest BCUT2D eigenvalue weighted by atomic mass is 9.91. The highest BCUT2D eigenvalue weighted by atomic mass is 16.5. The highest BCUT2D eigenvalue weighted by Gasteiger charge is 2.10. The van der Waals surface area contributed by atoms with Crippen LogP contribution in [-0.4, -0.2) is 9.97 Å². The lowest BCUT2D eigenvalue weighted by Gasteiger charge is -2.14. The fraction of sp³-hybridized carbons (Fsp3) is 0.0714. The summed E-state index contributed by atoms with van der Waals surface area (Å²) in [5.41, 5.74) is 7.91. The summed E-state index contributed by atoms with van der Waals surface area (Å²) < 4.78 is 6.01. The van der Waals surface area contributed by atoms with E-state index in [9.17, 15) is 0 Å². The van der Waals surface area contributed by atoms with E-state index in [1.807, 2.05) is 60.9 Å². The summed E-state index contributed by atoms with van der Waals surface area (Å²) in [6, 6.07) is 31.0. The van der Waals surface area contributed by atoms with Crippen LogP contribution in [0.5, 0.6) is 5.75 Å². The van der Waals surface area contributed by atoms with Gasteiger partial charge in [0.25, 0.3) is 0 Å². The van der Waals surface area contributed by atoms with Crippen LogP contribution < -0.4 is 4.74 Å². The van der Waals surface area contributed by atoms with Crippen LogP contribution in [0.4, 0.5) is 0 Å². The van der Waals surface area contributed by atoms with Crippen LogP contribution in [0, 0.1) is 6.92 Å². The minimum Gasteiger partial charge on any atom is -0.487 e. The Labute approximate surface area is 182 Å². The molecule has 0 aliphatic heterocycles. The highest BCUT2D eigenvalue weighted by molar-refractivity contribution is 5.85. The Morgan fingerprint density at radius 2 is 1.52 bits per heavy atom. The first-order valence-corrected chi connectivity index (χ1v) is 10.4. The Morgan fingerprint density at radius 1 is 0.710 bits per heavy atom. The summed E-state index contributed by atoms with van der Waals surface area (Å²) >= 11 is 0. The molecule has 2 aromatic heterocycles. The van der Waals surface area contributed by atoms with Crippen molar-refractivity contribution >= 4 is 10.9 Å². The zero-order valence-corrected chi connectivity index (χ0v) is 17.3. The second kappa shape index (κ2) is 8.41. The van der Waals surface area contributed by atoms with E-state index in [1.54, 1.807) is 0 Å². The highest BCUT2D eigenvalue weighted by Crippen LogP contribution is 2.35. The topological polar surface area (TPSA) is 35.0 Å². The Balaban J connectivity index is 1.38. The predicted molar refractivity (Wildman–Crippen MR) is 126 cm³/mol. The first-order valence-electron chi connectivity index (χ1n) is 10.4. The maximum absolute atomic E-state index is 6.01. The minimum atomic E-state index is 0.441. The normalized spacial score (nSPS) is 10.9. The number of fused-ring (bicyclic) bond motifs is 1. The molecule has 3 heteroatoms. The first-order chi connectivity index (χ1) is 15.3. The molecule has 0 aliphatic carbocycles. The molecule has 3 nitrogen and oxygen atoms in total. The summed E-state index contributed by atoms with van der Waals surface area (Å²) in [5, 5.41) is 1.14. The van der Waals surface area contributed by atoms with E-state index in [-0.39, 0.29) is 0 Å². The van der Waals surface area contributed by atoms with Crippen LogP contribution in [0.2, 0.25) is 0 Å². The van der Waals surface area contributed by atoms with E-state index in [0.717, 1.165) is 27.9 Å². The van der Waals surface area contributed by atoms with Crippen molar-refractivity contribution in [2.45, 2.75) is 13.5 Å². The zero-order valence-electron chi connectivity index (χ0n) is 17.3. The maximum Gasteiger partial charge on any atom is 0.130 e. The number of pyridine rings is 2. The Morgan fingerprint density at radius 3 is 2.35 bits per heavy atom. The zero-order chi connectivity index (χ0) is 21.0. The Bertz CT molecular complexity index is 1330. The fourth-order valence-electron chi connectivity index (χ4n) is 3.89. The molecule has 2 heterocycles. The molecule has 0 spiro atoms. The molecule has 0 fully saturated rings. The quantitative estimate of drug-likeness (QED) is 0.322. The minimum absolute atomic E-state index is 0.441. The van der Waals surface area contributed by atoms with Gasteiger partial charge in [0, 0.05) is 17.8 Å². The molecule has 0 atom stereocenters. The van der Waals surface area contributed by atoms with E-state index in [2.05, 4.69) is 59.4 Å². The molecule has 5 aromatic rings. The van der Waals surface area contributed by atoms with Crippen molar-refractivity contribution < 1.29 is 4.74 Å². The summed E-state index contributed by atoms with van der Waals surface area (Å²) in [7, 11) is 0. The van der Waals surface area contributed by atoms with Gasteiger partial charge in [0.05, 0.1) is 11.2 Å². The number of aryl methyl sites for hydroxylation is 1. The fourth-order valence-corrected chi connectivity index (χ4v) is 3.89. The van der Waals surface area contributed by atoms with Gasteiger partial charge in [-0.25, -0.2) is 4.98 Å². The van der Waals surface area contributed by atoms with Crippen molar-refractivity contribution in [3.63, 3.8) is 0 Å². The lowest BCUT2D eigenvalue weighted by molar-refractivity contribution is 0.302. The van der Waals surface area contributed by atoms with Gasteiger partial charge in [-0.1, -0.05) is 54.6 Å². The molecule has 3 aromatic carbocycles. The Hall–Kier alpha value is -3.98. The van der Waals surface area contributed by atoms with Crippen LogP contribution in [0.15, 0.2) is 103 Å². The third-order valence-electron chi connectivity index (χ3n) is 5.45. The van der Waals surface area contributed by atoms with Gasteiger partial charge in [0.1, 0.15) is 12.4 Å². The van der Waals surface area contributed by atoms with Gasteiger partial charge < -0.3 is 4.74 Å². The third-order valence-corrected chi connectivity index (χ3v) is 5.45. The largest absolute Gasteiger partial charge is 0.487 e. The van der Waals surface area contributed by atoms with Crippen LogP contribution in [0.1, 0.15) is 11.3 Å². The molecule has 0 amide bonds. The van der Waals surface area contributed by atoms with Gasteiger partial charge in [-0.3, -0.25) is 4.98 Å². The molecule has 0 saturated heterocycles. The van der Waals surface area contributed by atoms with E-state index < -0.39 is 0 Å². The number of aromatic nitrogens is 2. The molecular formula is C28H22N2O.